The Labute approximate surface area is 174 Å². The van der Waals surface area contributed by atoms with Gasteiger partial charge >= 0.3 is 5.97 Å². The maximum Gasteiger partial charge on any atom is 0.342 e. The minimum atomic E-state index is -0.574. The molecule has 6 heteroatoms. The molecule has 0 aromatic heterocycles. The second kappa shape index (κ2) is 9.88. The van der Waals surface area contributed by atoms with Crippen LogP contribution in [0.5, 0.6) is 11.5 Å². The fourth-order valence-electron chi connectivity index (χ4n) is 2.88. The van der Waals surface area contributed by atoms with Crippen molar-refractivity contribution in [3.63, 3.8) is 0 Å². The van der Waals surface area contributed by atoms with Gasteiger partial charge in [0, 0.05) is 12.7 Å². The van der Waals surface area contributed by atoms with E-state index in [1.807, 2.05) is 48.5 Å². The summed E-state index contributed by atoms with van der Waals surface area (Å²) < 4.78 is 16.3. The van der Waals surface area contributed by atoms with E-state index in [0.29, 0.717) is 5.56 Å². The van der Waals surface area contributed by atoms with Crippen LogP contribution >= 0.6 is 0 Å². The lowest BCUT2D eigenvalue weighted by Crippen LogP contribution is -2.11. The van der Waals surface area contributed by atoms with Gasteiger partial charge in [-0.2, -0.15) is 10.5 Å². The van der Waals surface area contributed by atoms with E-state index in [4.69, 9.17) is 14.2 Å². The molecule has 0 saturated heterocycles. The van der Waals surface area contributed by atoms with Crippen LogP contribution in [0.25, 0.3) is 11.1 Å². The van der Waals surface area contributed by atoms with Crippen LogP contribution in [0.1, 0.15) is 21.5 Å². The van der Waals surface area contributed by atoms with Gasteiger partial charge in [-0.3, -0.25) is 0 Å². The van der Waals surface area contributed by atoms with E-state index in [1.165, 1.54) is 13.2 Å². The summed E-state index contributed by atoms with van der Waals surface area (Å²) in [5.74, 6) is -0.140. The number of benzene rings is 3. The van der Waals surface area contributed by atoms with Gasteiger partial charge in [0.2, 0.25) is 0 Å². The molecule has 3 aromatic carbocycles. The second-order valence-corrected chi connectivity index (χ2v) is 6.18. The van der Waals surface area contributed by atoms with Gasteiger partial charge in [0.05, 0.1) is 12.2 Å². The average Bonchev–Trinajstić information content (AvgIpc) is 2.79. The number of nitriles is 2. The maximum atomic E-state index is 12.7. The van der Waals surface area contributed by atoms with Crippen molar-refractivity contribution >= 4 is 5.97 Å². The molecule has 0 amide bonds. The Morgan fingerprint density at radius 3 is 2.37 bits per heavy atom. The van der Waals surface area contributed by atoms with Crippen LogP contribution < -0.4 is 4.74 Å². The third-order valence-corrected chi connectivity index (χ3v) is 4.31. The lowest BCUT2D eigenvalue weighted by molar-refractivity contribution is 0.0385. The molecule has 30 heavy (non-hydrogen) atoms. The zero-order chi connectivity index (χ0) is 21.3. The van der Waals surface area contributed by atoms with Crippen molar-refractivity contribution in [3.05, 3.63) is 83.4 Å². The maximum absolute atomic E-state index is 12.7. The first kappa shape index (κ1) is 20.6. The molecular weight excluding hydrogens is 380 g/mol. The summed E-state index contributed by atoms with van der Waals surface area (Å²) in [6.45, 7) is 0.362. The molecule has 0 saturated carbocycles. The van der Waals surface area contributed by atoms with Crippen molar-refractivity contribution in [2.75, 3.05) is 20.3 Å². The Balaban J connectivity index is 2.12. The highest BCUT2D eigenvalue weighted by molar-refractivity contribution is 5.96. The quantitative estimate of drug-likeness (QED) is 0.423. The van der Waals surface area contributed by atoms with E-state index >= 15 is 0 Å². The van der Waals surface area contributed by atoms with Crippen LogP contribution in [0.2, 0.25) is 0 Å². The molecular formula is C24H18N2O4. The Morgan fingerprint density at radius 2 is 1.67 bits per heavy atom. The molecule has 0 N–H and O–H groups in total. The predicted octanol–water partition coefficient (Wildman–Crippen LogP) is 4.69. The predicted molar refractivity (Wildman–Crippen MR) is 110 cm³/mol. The molecule has 0 atom stereocenters. The number of carbonyl (C=O) groups excluding carboxylic acids is 1. The second-order valence-electron chi connectivity index (χ2n) is 6.18. The SMILES string of the molecule is COCCOC(=O)c1cccc(-c2ccccc2)c1Oc1cccc(C#N)c1C#N. The summed E-state index contributed by atoms with van der Waals surface area (Å²) in [4.78, 5) is 12.7. The number of hydrogen-bond donors (Lipinski definition) is 0. The molecule has 148 valence electrons. The highest BCUT2D eigenvalue weighted by Crippen LogP contribution is 2.38. The van der Waals surface area contributed by atoms with Crippen LogP contribution in [0, 0.1) is 22.7 Å². The average molecular weight is 398 g/mol. The van der Waals surface area contributed by atoms with E-state index in [-0.39, 0.29) is 41.4 Å². The molecule has 0 aliphatic carbocycles. The fraction of sp³-hybridized carbons (Fsp3) is 0.125. The summed E-state index contributed by atoms with van der Waals surface area (Å²) in [6.07, 6.45) is 0. The molecule has 0 aliphatic rings. The zero-order valence-corrected chi connectivity index (χ0v) is 16.3. The zero-order valence-electron chi connectivity index (χ0n) is 16.3. The molecule has 0 unspecified atom stereocenters. The highest BCUT2D eigenvalue weighted by atomic mass is 16.6. The minimum absolute atomic E-state index is 0.0949. The van der Waals surface area contributed by atoms with Crippen molar-refractivity contribution in [2.45, 2.75) is 0 Å². The largest absolute Gasteiger partial charge is 0.460 e. The van der Waals surface area contributed by atoms with Gasteiger partial charge in [0.15, 0.2) is 0 Å². The van der Waals surface area contributed by atoms with Crippen LogP contribution in [0.3, 0.4) is 0 Å². The Bertz CT molecular complexity index is 1130. The van der Waals surface area contributed by atoms with Gasteiger partial charge in [0.1, 0.15) is 41.4 Å². The molecule has 0 radical (unpaired) electrons. The fourth-order valence-corrected chi connectivity index (χ4v) is 2.88. The van der Waals surface area contributed by atoms with Gasteiger partial charge in [0.25, 0.3) is 0 Å². The normalized spacial score (nSPS) is 9.97. The number of rotatable bonds is 7. The van der Waals surface area contributed by atoms with E-state index < -0.39 is 5.97 Å². The number of methoxy groups -OCH3 is 1. The van der Waals surface area contributed by atoms with Crippen LogP contribution in [-0.2, 0) is 9.47 Å². The number of carbonyl (C=O) groups is 1. The third-order valence-electron chi connectivity index (χ3n) is 4.31. The van der Waals surface area contributed by atoms with Crippen LogP contribution in [0.15, 0.2) is 66.7 Å². The Kier molecular flexibility index (Phi) is 6.78. The number of nitrogens with zero attached hydrogens (tertiary/aromatic N) is 2. The monoisotopic (exact) mass is 398 g/mol. The summed E-state index contributed by atoms with van der Waals surface area (Å²) in [6, 6.07) is 23.3. The first-order valence-corrected chi connectivity index (χ1v) is 9.15. The van der Waals surface area contributed by atoms with E-state index in [2.05, 4.69) is 0 Å². The first-order valence-electron chi connectivity index (χ1n) is 9.15. The van der Waals surface area contributed by atoms with Crippen molar-refractivity contribution in [2.24, 2.45) is 0 Å². The lowest BCUT2D eigenvalue weighted by atomic mass is 10.0. The van der Waals surface area contributed by atoms with Gasteiger partial charge < -0.3 is 14.2 Å². The molecule has 6 nitrogen and oxygen atoms in total. The lowest BCUT2D eigenvalue weighted by Gasteiger charge is -2.16. The van der Waals surface area contributed by atoms with E-state index in [9.17, 15) is 15.3 Å². The van der Waals surface area contributed by atoms with Crippen molar-refractivity contribution < 1.29 is 19.0 Å². The Morgan fingerprint density at radius 1 is 0.900 bits per heavy atom. The summed E-state index contributed by atoms with van der Waals surface area (Å²) >= 11 is 0. The van der Waals surface area contributed by atoms with Crippen LogP contribution in [-0.4, -0.2) is 26.3 Å². The van der Waals surface area contributed by atoms with E-state index in [0.717, 1.165) is 5.56 Å². The van der Waals surface area contributed by atoms with Gasteiger partial charge in [-0.15, -0.1) is 0 Å². The number of esters is 1. The summed E-state index contributed by atoms with van der Waals surface area (Å²) in [5.41, 5.74) is 1.98. The smallest absolute Gasteiger partial charge is 0.342 e. The van der Waals surface area contributed by atoms with Crippen LogP contribution in [0.4, 0.5) is 0 Å². The van der Waals surface area contributed by atoms with Crippen molar-refractivity contribution in [3.8, 4) is 34.8 Å². The standard InChI is InChI=1S/C24H18N2O4/c1-28-13-14-29-24(27)20-11-6-10-19(17-7-3-2-4-8-17)23(20)30-22-12-5-9-18(15-25)21(22)16-26/h2-12H,13-14H2,1H3. The van der Waals surface area contributed by atoms with Crippen molar-refractivity contribution in [1.29, 1.82) is 10.5 Å². The first-order chi connectivity index (χ1) is 14.7. The summed E-state index contributed by atoms with van der Waals surface area (Å²) in [7, 11) is 1.52. The molecule has 0 fully saturated rings. The number of ether oxygens (including phenoxy) is 3. The summed E-state index contributed by atoms with van der Waals surface area (Å²) in [5, 5.41) is 18.8. The Hall–Kier alpha value is -4.13. The number of hydrogen-bond acceptors (Lipinski definition) is 6. The number of para-hydroxylation sites is 1. The third kappa shape index (κ3) is 4.47. The van der Waals surface area contributed by atoms with E-state index in [1.54, 1.807) is 24.3 Å². The topological polar surface area (TPSA) is 92.3 Å². The molecule has 0 aliphatic heterocycles. The molecule has 0 spiro atoms. The molecule has 0 bridgehead atoms. The molecule has 3 rings (SSSR count). The van der Waals surface area contributed by atoms with Crippen molar-refractivity contribution in [1.82, 2.24) is 0 Å². The highest BCUT2D eigenvalue weighted by Gasteiger charge is 2.21. The minimum Gasteiger partial charge on any atom is -0.460 e. The molecule has 0 heterocycles. The van der Waals surface area contributed by atoms with Gasteiger partial charge in [-0.1, -0.05) is 48.5 Å². The van der Waals surface area contributed by atoms with Gasteiger partial charge in [-0.05, 0) is 23.8 Å². The molecule has 3 aromatic rings. The van der Waals surface area contributed by atoms with Gasteiger partial charge in [-0.25, -0.2) is 4.79 Å².